The van der Waals surface area contributed by atoms with Gasteiger partial charge in [0, 0.05) is 19.1 Å². The summed E-state index contributed by atoms with van der Waals surface area (Å²) in [7, 11) is 0. The van der Waals surface area contributed by atoms with Crippen LogP contribution in [0.2, 0.25) is 0 Å². The van der Waals surface area contributed by atoms with Gasteiger partial charge in [-0.25, -0.2) is 8.78 Å². The van der Waals surface area contributed by atoms with Crippen LogP contribution >= 0.6 is 0 Å². The molecule has 0 bridgehead atoms. The van der Waals surface area contributed by atoms with E-state index in [1.165, 1.54) is 0 Å². The number of carbonyl (C=O) groups excluding carboxylic acids is 1. The highest BCUT2D eigenvalue weighted by Crippen LogP contribution is 2.26. The van der Waals surface area contributed by atoms with Gasteiger partial charge in [-0.15, -0.1) is 0 Å². The first-order valence-electron chi connectivity index (χ1n) is 6.63. The van der Waals surface area contributed by atoms with Crippen molar-refractivity contribution in [2.45, 2.75) is 18.9 Å². The van der Waals surface area contributed by atoms with Crippen LogP contribution in [0.15, 0.2) is 18.2 Å². The van der Waals surface area contributed by atoms with E-state index in [0.29, 0.717) is 25.0 Å². The number of nitrogens with one attached hydrogen (secondary N) is 1. The van der Waals surface area contributed by atoms with Crippen molar-refractivity contribution in [3.8, 4) is 0 Å². The first kappa shape index (κ1) is 12.5. The monoisotopic (exact) mass is 266 g/mol. The van der Waals surface area contributed by atoms with Gasteiger partial charge in [-0.1, -0.05) is 0 Å². The van der Waals surface area contributed by atoms with E-state index >= 15 is 0 Å². The number of likely N-dealkylation sites (tertiary alicyclic amines) is 1. The van der Waals surface area contributed by atoms with Crippen molar-refractivity contribution < 1.29 is 13.6 Å². The zero-order chi connectivity index (χ0) is 13.4. The molecule has 3 rings (SSSR count). The Morgan fingerprint density at radius 1 is 1.32 bits per heavy atom. The van der Waals surface area contributed by atoms with Crippen LogP contribution in [0.4, 0.5) is 8.78 Å². The van der Waals surface area contributed by atoms with Crippen LogP contribution < -0.4 is 5.32 Å². The molecular formula is C14H16F2N2O. The van der Waals surface area contributed by atoms with Crippen LogP contribution in [-0.2, 0) is 0 Å². The Hall–Kier alpha value is -1.49. The molecule has 2 heterocycles. The van der Waals surface area contributed by atoms with Crippen LogP contribution in [0.25, 0.3) is 0 Å². The highest BCUT2D eigenvalue weighted by molar-refractivity contribution is 5.94. The number of carbonyl (C=O) groups is 1. The summed E-state index contributed by atoms with van der Waals surface area (Å²) in [6.07, 6.45) is 2.20. The smallest absolute Gasteiger partial charge is 0.256 e. The molecule has 0 saturated carbocycles. The van der Waals surface area contributed by atoms with Crippen molar-refractivity contribution in [3.05, 3.63) is 35.4 Å². The van der Waals surface area contributed by atoms with Gasteiger partial charge >= 0.3 is 0 Å². The number of piperidine rings is 1. The second kappa shape index (κ2) is 4.89. The van der Waals surface area contributed by atoms with Crippen molar-refractivity contribution in [2.24, 2.45) is 5.92 Å². The Kier molecular flexibility index (Phi) is 3.22. The minimum Gasteiger partial charge on any atom is -0.337 e. The van der Waals surface area contributed by atoms with Crippen LogP contribution in [-0.4, -0.2) is 36.5 Å². The molecule has 2 fully saturated rings. The summed E-state index contributed by atoms with van der Waals surface area (Å²) in [5.74, 6) is -1.21. The number of halogens is 2. The standard InChI is InChI=1S/C14H16F2N2O/c15-10-3-4-12(16)11(6-10)14(19)18-7-9-2-1-5-17-13(9)8-18/h3-4,6,9,13,17H,1-2,5,7-8H2. The average molecular weight is 266 g/mol. The lowest BCUT2D eigenvalue weighted by molar-refractivity contribution is 0.0780. The van der Waals surface area contributed by atoms with Gasteiger partial charge in [-0.05, 0) is 43.5 Å². The van der Waals surface area contributed by atoms with Gasteiger partial charge in [0.15, 0.2) is 0 Å². The van der Waals surface area contributed by atoms with Gasteiger partial charge in [-0.3, -0.25) is 4.79 Å². The van der Waals surface area contributed by atoms with E-state index in [1.807, 2.05) is 0 Å². The second-order valence-corrected chi connectivity index (χ2v) is 5.30. The molecule has 0 spiro atoms. The molecule has 1 N–H and O–H groups in total. The maximum absolute atomic E-state index is 13.6. The molecule has 2 aliphatic rings. The Bertz CT molecular complexity index is 492. The lowest BCUT2D eigenvalue weighted by Crippen LogP contribution is -2.41. The number of amides is 1. The Balaban J connectivity index is 1.79. The number of rotatable bonds is 1. The maximum Gasteiger partial charge on any atom is 0.256 e. The first-order chi connectivity index (χ1) is 9.15. The van der Waals surface area contributed by atoms with E-state index in [9.17, 15) is 13.6 Å². The van der Waals surface area contributed by atoms with Gasteiger partial charge in [0.2, 0.25) is 0 Å². The lowest BCUT2D eigenvalue weighted by atomic mass is 9.94. The molecule has 19 heavy (non-hydrogen) atoms. The molecule has 1 aromatic carbocycles. The SMILES string of the molecule is O=C(c1cc(F)ccc1F)N1CC2CCCNC2C1. The van der Waals surface area contributed by atoms with Crippen molar-refractivity contribution >= 4 is 5.91 Å². The Morgan fingerprint density at radius 2 is 2.16 bits per heavy atom. The summed E-state index contributed by atoms with van der Waals surface area (Å²) in [5.41, 5.74) is -0.168. The lowest BCUT2D eigenvalue weighted by Gasteiger charge is -2.24. The highest BCUT2D eigenvalue weighted by Gasteiger charge is 2.37. The molecule has 0 aliphatic carbocycles. The fraction of sp³-hybridized carbons (Fsp3) is 0.500. The summed E-state index contributed by atoms with van der Waals surface area (Å²) < 4.78 is 26.8. The largest absolute Gasteiger partial charge is 0.337 e. The zero-order valence-electron chi connectivity index (χ0n) is 10.5. The fourth-order valence-corrected chi connectivity index (χ4v) is 3.04. The number of nitrogens with zero attached hydrogens (tertiary/aromatic N) is 1. The maximum atomic E-state index is 13.6. The van der Waals surface area contributed by atoms with E-state index in [1.54, 1.807) is 4.90 Å². The summed E-state index contributed by atoms with van der Waals surface area (Å²) >= 11 is 0. The third kappa shape index (κ3) is 2.34. The summed E-state index contributed by atoms with van der Waals surface area (Å²) in [5, 5.41) is 3.38. The minimum absolute atomic E-state index is 0.168. The van der Waals surface area contributed by atoms with E-state index in [4.69, 9.17) is 0 Å². The molecular weight excluding hydrogens is 250 g/mol. The van der Waals surface area contributed by atoms with E-state index in [-0.39, 0.29) is 5.56 Å². The van der Waals surface area contributed by atoms with Crippen molar-refractivity contribution in [2.75, 3.05) is 19.6 Å². The predicted molar refractivity (Wildman–Crippen MR) is 66.8 cm³/mol. The molecule has 5 heteroatoms. The van der Waals surface area contributed by atoms with Gasteiger partial charge in [0.1, 0.15) is 11.6 Å². The zero-order valence-corrected chi connectivity index (χ0v) is 10.5. The highest BCUT2D eigenvalue weighted by atomic mass is 19.1. The summed E-state index contributed by atoms with van der Waals surface area (Å²) in [6.45, 7) is 2.18. The molecule has 2 saturated heterocycles. The Labute approximate surface area is 110 Å². The fourth-order valence-electron chi connectivity index (χ4n) is 3.04. The minimum atomic E-state index is -0.658. The van der Waals surface area contributed by atoms with Gasteiger partial charge in [0.25, 0.3) is 5.91 Å². The van der Waals surface area contributed by atoms with Crippen molar-refractivity contribution in [1.82, 2.24) is 10.2 Å². The molecule has 0 aromatic heterocycles. The number of hydrogen-bond acceptors (Lipinski definition) is 2. The van der Waals surface area contributed by atoms with E-state index in [2.05, 4.69) is 5.32 Å². The Morgan fingerprint density at radius 3 is 2.95 bits per heavy atom. The molecule has 1 amide bonds. The van der Waals surface area contributed by atoms with Crippen LogP contribution in [0.1, 0.15) is 23.2 Å². The topological polar surface area (TPSA) is 32.3 Å². The first-order valence-corrected chi connectivity index (χ1v) is 6.63. The van der Waals surface area contributed by atoms with Crippen molar-refractivity contribution in [1.29, 1.82) is 0 Å². The number of fused-ring (bicyclic) bond motifs is 1. The van der Waals surface area contributed by atoms with Crippen LogP contribution in [0.5, 0.6) is 0 Å². The van der Waals surface area contributed by atoms with Crippen molar-refractivity contribution in [3.63, 3.8) is 0 Å². The normalized spacial score (nSPS) is 26.3. The number of benzene rings is 1. The van der Waals surface area contributed by atoms with Crippen LogP contribution in [0, 0.1) is 17.6 Å². The summed E-state index contributed by atoms with van der Waals surface area (Å²) in [4.78, 5) is 13.9. The predicted octanol–water partition coefficient (Wildman–Crippen LogP) is 1.79. The molecule has 1 aromatic rings. The molecule has 3 nitrogen and oxygen atoms in total. The van der Waals surface area contributed by atoms with E-state index < -0.39 is 17.5 Å². The molecule has 2 atom stereocenters. The van der Waals surface area contributed by atoms with Gasteiger partial charge in [0.05, 0.1) is 5.56 Å². The third-order valence-corrected chi connectivity index (χ3v) is 4.05. The summed E-state index contributed by atoms with van der Waals surface area (Å²) in [6, 6.07) is 3.31. The van der Waals surface area contributed by atoms with Gasteiger partial charge in [-0.2, -0.15) is 0 Å². The second-order valence-electron chi connectivity index (χ2n) is 5.30. The van der Waals surface area contributed by atoms with Gasteiger partial charge < -0.3 is 10.2 Å². The molecule has 2 unspecified atom stereocenters. The molecule has 102 valence electrons. The van der Waals surface area contributed by atoms with Crippen LogP contribution in [0.3, 0.4) is 0 Å². The average Bonchev–Trinajstić information content (AvgIpc) is 2.84. The number of hydrogen-bond donors (Lipinski definition) is 1. The molecule has 0 radical (unpaired) electrons. The van der Waals surface area contributed by atoms with E-state index in [0.717, 1.165) is 37.6 Å². The molecule has 2 aliphatic heterocycles. The quantitative estimate of drug-likeness (QED) is 0.840. The third-order valence-electron chi connectivity index (χ3n) is 4.05.